The SMILES string of the molecule is CN(C)c1ccc(/C=C2/SC(=O)N(Cc3nc4ccccc4[nH]3)C2=O)cc1. The number of aromatic amines is 1. The topological polar surface area (TPSA) is 69.3 Å². The van der Waals surface area contributed by atoms with Crippen molar-refractivity contribution >= 4 is 45.7 Å². The van der Waals surface area contributed by atoms with Crippen LogP contribution in [0.3, 0.4) is 0 Å². The summed E-state index contributed by atoms with van der Waals surface area (Å²) in [6.45, 7) is 0.135. The molecule has 6 nitrogen and oxygen atoms in total. The van der Waals surface area contributed by atoms with Crippen LogP contribution in [0.5, 0.6) is 0 Å². The minimum absolute atomic E-state index is 0.135. The number of aromatic nitrogens is 2. The van der Waals surface area contributed by atoms with Crippen LogP contribution in [0.4, 0.5) is 10.5 Å². The molecule has 2 heterocycles. The normalized spacial score (nSPS) is 15.9. The molecular formula is C20H18N4O2S. The highest BCUT2D eigenvalue weighted by Crippen LogP contribution is 2.33. The van der Waals surface area contributed by atoms with Crippen LogP contribution in [0.15, 0.2) is 53.4 Å². The molecule has 0 spiro atoms. The summed E-state index contributed by atoms with van der Waals surface area (Å²) < 4.78 is 0. The number of para-hydroxylation sites is 2. The van der Waals surface area contributed by atoms with E-state index in [4.69, 9.17) is 0 Å². The molecule has 136 valence electrons. The Balaban J connectivity index is 1.54. The van der Waals surface area contributed by atoms with E-state index in [1.165, 1.54) is 4.90 Å². The number of H-pyrrole nitrogens is 1. The van der Waals surface area contributed by atoms with E-state index in [1.54, 1.807) is 6.08 Å². The second kappa shape index (κ2) is 6.92. The number of nitrogens with zero attached hydrogens (tertiary/aromatic N) is 3. The molecule has 1 aliphatic rings. The lowest BCUT2D eigenvalue weighted by atomic mass is 10.2. The summed E-state index contributed by atoms with van der Waals surface area (Å²) in [6.07, 6.45) is 1.75. The number of carbonyl (C=O) groups excluding carboxylic acids is 2. The summed E-state index contributed by atoms with van der Waals surface area (Å²) in [5.41, 5.74) is 3.66. The first kappa shape index (κ1) is 17.4. The summed E-state index contributed by atoms with van der Waals surface area (Å²) >= 11 is 0.960. The number of fused-ring (bicyclic) bond motifs is 1. The molecule has 0 aliphatic carbocycles. The molecule has 1 N–H and O–H groups in total. The van der Waals surface area contributed by atoms with Gasteiger partial charge in [0.1, 0.15) is 5.82 Å². The third-order valence-corrected chi connectivity index (χ3v) is 5.23. The van der Waals surface area contributed by atoms with Crippen LogP contribution in [-0.4, -0.2) is 40.1 Å². The molecule has 2 aromatic carbocycles. The molecule has 0 atom stereocenters. The van der Waals surface area contributed by atoms with E-state index in [2.05, 4.69) is 9.97 Å². The summed E-state index contributed by atoms with van der Waals surface area (Å²) in [5, 5.41) is -0.281. The van der Waals surface area contributed by atoms with E-state index >= 15 is 0 Å². The number of carbonyl (C=O) groups is 2. The Morgan fingerprint density at radius 2 is 1.85 bits per heavy atom. The third kappa shape index (κ3) is 3.46. The first-order valence-corrected chi connectivity index (χ1v) is 9.29. The second-order valence-electron chi connectivity index (χ2n) is 6.45. The van der Waals surface area contributed by atoms with E-state index in [0.29, 0.717) is 10.7 Å². The highest BCUT2D eigenvalue weighted by molar-refractivity contribution is 8.18. The Morgan fingerprint density at radius 1 is 1.11 bits per heavy atom. The van der Waals surface area contributed by atoms with Crippen LogP contribution in [0.2, 0.25) is 0 Å². The predicted octanol–water partition coefficient (Wildman–Crippen LogP) is 3.87. The van der Waals surface area contributed by atoms with Gasteiger partial charge in [-0.15, -0.1) is 0 Å². The summed E-state index contributed by atoms with van der Waals surface area (Å²) in [6, 6.07) is 15.4. The third-order valence-electron chi connectivity index (χ3n) is 4.33. The minimum atomic E-state index is -0.290. The zero-order valence-electron chi connectivity index (χ0n) is 15.0. The summed E-state index contributed by atoms with van der Waals surface area (Å²) in [4.78, 5) is 36.3. The maximum atomic E-state index is 12.7. The fraction of sp³-hybridized carbons (Fsp3) is 0.150. The molecule has 0 saturated carbocycles. The lowest BCUT2D eigenvalue weighted by Crippen LogP contribution is -2.28. The Kier molecular flexibility index (Phi) is 4.45. The largest absolute Gasteiger partial charge is 0.378 e. The molecule has 0 unspecified atom stereocenters. The molecule has 0 bridgehead atoms. The van der Waals surface area contributed by atoms with Crippen LogP contribution in [0.25, 0.3) is 17.1 Å². The molecule has 1 aromatic heterocycles. The number of benzene rings is 2. The van der Waals surface area contributed by atoms with Crippen molar-refractivity contribution in [3.63, 3.8) is 0 Å². The first-order chi connectivity index (χ1) is 13.0. The van der Waals surface area contributed by atoms with Crippen molar-refractivity contribution in [2.75, 3.05) is 19.0 Å². The van der Waals surface area contributed by atoms with Gasteiger partial charge in [-0.2, -0.15) is 0 Å². The monoisotopic (exact) mass is 378 g/mol. The van der Waals surface area contributed by atoms with Crippen LogP contribution in [0.1, 0.15) is 11.4 Å². The van der Waals surface area contributed by atoms with Crippen molar-refractivity contribution in [1.82, 2.24) is 14.9 Å². The van der Waals surface area contributed by atoms with Crippen molar-refractivity contribution in [3.8, 4) is 0 Å². The van der Waals surface area contributed by atoms with Crippen LogP contribution >= 0.6 is 11.8 Å². The number of anilines is 1. The molecule has 1 saturated heterocycles. The molecule has 27 heavy (non-hydrogen) atoms. The number of hydrogen-bond acceptors (Lipinski definition) is 5. The van der Waals surface area contributed by atoms with Crippen molar-refractivity contribution < 1.29 is 9.59 Å². The Bertz CT molecular complexity index is 1020. The molecule has 3 aromatic rings. The van der Waals surface area contributed by atoms with Crippen molar-refractivity contribution in [1.29, 1.82) is 0 Å². The standard InChI is InChI=1S/C20H18N4O2S/c1-23(2)14-9-7-13(8-10-14)11-17-19(25)24(20(26)27-17)12-18-21-15-5-3-4-6-16(15)22-18/h3-11H,12H2,1-2H3,(H,21,22)/b17-11+. The second-order valence-corrected chi connectivity index (χ2v) is 7.45. The van der Waals surface area contributed by atoms with Gasteiger partial charge in [0.25, 0.3) is 11.1 Å². The summed E-state index contributed by atoms with van der Waals surface area (Å²) in [7, 11) is 3.94. The van der Waals surface area contributed by atoms with Gasteiger partial charge in [-0.25, -0.2) is 4.98 Å². The fourth-order valence-corrected chi connectivity index (χ4v) is 3.72. The van der Waals surface area contributed by atoms with Crippen molar-refractivity contribution in [2.45, 2.75) is 6.54 Å². The van der Waals surface area contributed by atoms with Gasteiger partial charge in [-0.1, -0.05) is 24.3 Å². The zero-order valence-corrected chi connectivity index (χ0v) is 15.8. The highest BCUT2D eigenvalue weighted by Gasteiger charge is 2.35. The van der Waals surface area contributed by atoms with Gasteiger partial charge in [0, 0.05) is 19.8 Å². The molecule has 0 radical (unpaired) electrons. The number of nitrogens with one attached hydrogen (secondary N) is 1. The maximum absolute atomic E-state index is 12.7. The van der Waals surface area contributed by atoms with Crippen molar-refractivity contribution in [3.05, 3.63) is 64.8 Å². The van der Waals surface area contributed by atoms with Gasteiger partial charge in [0.15, 0.2) is 0 Å². The maximum Gasteiger partial charge on any atom is 0.293 e. The Hall–Kier alpha value is -3.06. The Morgan fingerprint density at radius 3 is 2.56 bits per heavy atom. The van der Waals surface area contributed by atoms with E-state index in [0.717, 1.165) is 34.0 Å². The van der Waals surface area contributed by atoms with Gasteiger partial charge in [-0.3, -0.25) is 14.5 Å². The minimum Gasteiger partial charge on any atom is -0.378 e. The number of imide groups is 1. The molecule has 1 aliphatic heterocycles. The number of amides is 2. The van der Waals surface area contributed by atoms with Gasteiger partial charge >= 0.3 is 0 Å². The zero-order chi connectivity index (χ0) is 19.0. The highest BCUT2D eigenvalue weighted by atomic mass is 32.2. The number of hydrogen-bond donors (Lipinski definition) is 1. The van der Waals surface area contributed by atoms with Crippen LogP contribution in [-0.2, 0) is 11.3 Å². The number of rotatable bonds is 4. The lowest BCUT2D eigenvalue weighted by Gasteiger charge is -2.12. The number of imidazole rings is 1. The quantitative estimate of drug-likeness (QED) is 0.698. The molecule has 4 rings (SSSR count). The van der Waals surface area contributed by atoms with Gasteiger partial charge in [0.05, 0.1) is 22.5 Å². The molecule has 2 amide bonds. The first-order valence-electron chi connectivity index (χ1n) is 8.47. The number of thioether (sulfide) groups is 1. The molecular weight excluding hydrogens is 360 g/mol. The van der Waals surface area contributed by atoms with Crippen LogP contribution in [0, 0.1) is 0 Å². The predicted molar refractivity (Wildman–Crippen MR) is 108 cm³/mol. The average Bonchev–Trinajstić information content (AvgIpc) is 3.18. The van der Waals surface area contributed by atoms with Gasteiger partial charge in [0.2, 0.25) is 0 Å². The smallest absolute Gasteiger partial charge is 0.293 e. The van der Waals surface area contributed by atoms with E-state index < -0.39 is 0 Å². The molecule has 1 fully saturated rings. The van der Waals surface area contributed by atoms with E-state index in [1.807, 2.05) is 67.5 Å². The summed E-state index contributed by atoms with van der Waals surface area (Å²) in [5.74, 6) is 0.303. The van der Waals surface area contributed by atoms with E-state index in [-0.39, 0.29) is 17.7 Å². The fourth-order valence-electron chi connectivity index (χ4n) is 2.89. The molecule has 7 heteroatoms. The van der Waals surface area contributed by atoms with E-state index in [9.17, 15) is 9.59 Å². The average molecular weight is 378 g/mol. The van der Waals surface area contributed by atoms with Gasteiger partial charge in [-0.05, 0) is 47.7 Å². The lowest BCUT2D eigenvalue weighted by molar-refractivity contribution is -0.123. The van der Waals surface area contributed by atoms with Crippen LogP contribution < -0.4 is 4.90 Å². The Labute approximate surface area is 160 Å². The van der Waals surface area contributed by atoms with Crippen molar-refractivity contribution in [2.24, 2.45) is 0 Å². The van der Waals surface area contributed by atoms with Gasteiger partial charge < -0.3 is 9.88 Å².